The van der Waals surface area contributed by atoms with Crippen molar-refractivity contribution in [1.82, 2.24) is 10.3 Å². The number of methoxy groups -OCH3 is 2. The third-order valence-corrected chi connectivity index (χ3v) is 5.23. The van der Waals surface area contributed by atoms with Crippen LogP contribution in [0.5, 0.6) is 11.5 Å². The number of carbonyl (C=O) groups excluding carboxylic acids is 1. The molecule has 7 nitrogen and oxygen atoms in total. The van der Waals surface area contributed by atoms with Crippen LogP contribution < -0.4 is 20.1 Å². The Morgan fingerprint density at radius 3 is 2.42 bits per heavy atom. The lowest BCUT2D eigenvalue weighted by Gasteiger charge is -2.12. The van der Waals surface area contributed by atoms with Gasteiger partial charge in [0.05, 0.1) is 14.2 Å². The van der Waals surface area contributed by atoms with Crippen molar-refractivity contribution in [1.29, 1.82) is 0 Å². The molecular weight excluding hydrogens is 438 g/mol. The summed E-state index contributed by atoms with van der Waals surface area (Å²) in [5.74, 6) is 1.15. The Labute approximate surface area is 196 Å². The normalized spacial score (nSPS) is 10.7. The Balaban J connectivity index is 1.50. The minimum Gasteiger partial charge on any atom is -0.497 e. The van der Waals surface area contributed by atoms with Gasteiger partial charge in [0.25, 0.3) is 5.91 Å². The number of rotatable bonds is 5. The lowest BCUT2D eigenvalue weighted by molar-refractivity contribution is 0.0977. The molecule has 0 radical (unpaired) electrons. The highest BCUT2D eigenvalue weighted by Crippen LogP contribution is 2.29. The molecule has 8 heteroatoms. The molecule has 1 aromatic heterocycles. The van der Waals surface area contributed by atoms with E-state index in [0.717, 1.165) is 27.8 Å². The summed E-state index contributed by atoms with van der Waals surface area (Å²) in [5, 5.41) is 5.86. The number of nitrogens with zero attached hydrogens (tertiary/aromatic N) is 1. The molecule has 0 spiro atoms. The first kappa shape index (κ1) is 22.3. The van der Waals surface area contributed by atoms with Crippen molar-refractivity contribution in [3.8, 4) is 23.0 Å². The molecule has 0 fully saturated rings. The summed E-state index contributed by atoms with van der Waals surface area (Å²) in [5.41, 5.74) is 5.60. The number of hydrogen-bond donors (Lipinski definition) is 2. The summed E-state index contributed by atoms with van der Waals surface area (Å²) in [6, 6.07) is 16.4. The van der Waals surface area contributed by atoms with Crippen LogP contribution >= 0.6 is 12.2 Å². The van der Waals surface area contributed by atoms with E-state index in [4.69, 9.17) is 26.1 Å². The number of carbonyl (C=O) groups is 1. The summed E-state index contributed by atoms with van der Waals surface area (Å²) < 4.78 is 16.4. The fourth-order valence-electron chi connectivity index (χ4n) is 3.51. The monoisotopic (exact) mass is 461 g/mol. The zero-order valence-corrected chi connectivity index (χ0v) is 19.5. The Kier molecular flexibility index (Phi) is 6.28. The van der Waals surface area contributed by atoms with E-state index >= 15 is 0 Å². The largest absolute Gasteiger partial charge is 0.497 e. The fourth-order valence-corrected chi connectivity index (χ4v) is 3.72. The maximum Gasteiger partial charge on any atom is 0.257 e. The van der Waals surface area contributed by atoms with Crippen molar-refractivity contribution >= 4 is 40.0 Å². The second kappa shape index (κ2) is 9.30. The van der Waals surface area contributed by atoms with Gasteiger partial charge in [0.2, 0.25) is 5.89 Å². The summed E-state index contributed by atoms with van der Waals surface area (Å²) in [7, 11) is 3.05. The standard InChI is InChI=1S/C25H23N3O4S/c1-14-8-15(2)22-21(9-14)27-24(32-22)16-6-5-7-18(10-16)26-25(33)28-23(29)17-11-19(30-3)13-20(12-17)31-4/h5-13H,1-4H3,(H2,26,28,29,33). The molecule has 168 valence electrons. The first-order chi connectivity index (χ1) is 15.9. The maximum atomic E-state index is 12.7. The number of nitrogens with one attached hydrogen (secondary N) is 2. The van der Waals surface area contributed by atoms with Crippen molar-refractivity contribution in [2.24, 2.45) is 0 Å². The SMILES string of the molecule is COc1cc(OC)cc(C(=O)NC(=S)Nc2cccc(-c3nc4cc(C)cc(C)c4o3)c2)c1. The molecule has 0 aliphatic heterocycles. The number of amides is 1. The van der Waals surface area contributed by atoms with Crippen LogP contribution in [-0.4, -0.2) is 30.2 Å². The number of oxazole rings is 1. The second-order valence-corrected chi connectivity index (χ2v) is 7.95. The number of ether oxygens (including phenoxy) is 2. The number of fused-ring (bicyclic) bond motifs is 1. The van der Waals surface area contributed by atoms with Crippen LogP contribution in [0.3, 0.4) is 0 Å². The highest BCUT2D eigenvalue weighted by Gasteiger charge is 2.14. The second-order valence-electron chi connectivity index (χ2n) is 7.54. The van der Waals surface area contributed by atoms with E-state index in [0.29, 0.717) is 28.6 Å². The predicted octanol–water partition coefficient (Wildman–Crippen LogP) is 5.26. The molecule has 2 N–H and O–H groups in total. The first-order valence-electron chi connectivity index (χ1n) is 10.2. The van der Waals surface area contributed by atoms with Crippen molar-refractivity contribution in [2.75, 3.05) is 19.5 Å². The summed E-state index contributed by atoms with van der Waals surface area (Å²) in [4.78, 5) is 17.3. The van der Waals surface area contributed by atoms with Gasteiger partial charge in [0.15, 0.2) is 10.7 Å². The van der Waals surface area contributed by atoms with Gasteiger partial charge >= 0.3 is 0 Å². The third-order valence-electron chi connectivity index (χ3n) is 5.03. The lowest BCUT2D eigenvalue weighted by atomic mass is 10.1. The summed E-state index contributed by atoms with van der Waals surface area (Å²) >= 11 is 5.33. The van der Waals surface area contributed by atoms with Gasteiger partial charge in [-0.1, -0.05) is 12.1 Å². The van der Waals surface area contributed by atoms with E-state index in [9.17, 15) is 4.79 Å². The predicted molar refractivity (Wildman–Crippen MR) is 132 cm³/mol. The zero-order valence-electron chi connectivity index (χ0n) is 18.7. The molecule has 33 heavy (non-hydrogen) atoms. The van der Waals surface area contributed by atoms with E-state index in [1.807, 2.05) is 44.2 Å². The number of anilines is 1. The molecular formula is C25H23N3O4S. The number of thiocarbonyl (C=S) groups is 1. The Bertz CT molecular complexity index is 1340. The van der Waals surface area contributed by atoms with Crippen LogP contribution in [0.15, 0.2) is 59.0 Å². The van der Waals surface area contributed by atoms with E-state index in [2.05, 4.69) is 21.7 Å². The molecule has 4 rings (SSSR count). The van der Waals surface area contributed by atoms with Gasteiger partial charge in [-0.3, -0.25) is 10.1 Å². The van der Waals surface area contributed by atoms with E-state index in [-0.39, 0.29) is 11.0 Å². The van der Waals surface area contributed by atoms with Crippen LogP contribution in [0.1, 0.15) is 21.5 Å². The minimum absolute atomic E-state index is 0.156. The van der Waals surface area contributed by atoms with Crippen molar-refractivity contribution in [3.63, 3.8) is 0 Å². The molecule has 4 aromatic rings. The van der Waals surface area contributed by atoms with Crippen LogP contribution in [0.4, 0.5) is 5.69 Å². The molecule has 0 atom stereocenters. The number of benzene rings is 3. The van der Waals surface area contributed by atoms with E-state index in [1.54, 1.807) is 18.2 Å². The van der Waals surface area contributed by atoms with Crippen molar-refractivity contribution in [2.45, 2.75) is 13.8 Å². The molecule has 0 aliphatic rings. The fraction of sp³-hybridized carbons (Fsp3) is 0.160. The average Bonchev–Trinajstić information content (AvgIpc) is 3.23. The lowest BCUT2D eigenvalue weighted by Crippen LogP contribution is -2.34. The smallest absolute Gasteiger partial charge is 0.257 e. The van der Waals surface area contributed by atoms with Gasteiger partial charge in [0, 0.05) is 22.9 Å². The third kappa shape index (κ3) is 4.96. The molecule has 0 saturated carbocycles. The van der Waals surface area contributed by atoms with Gasteiger partial charge in [-0.2, -0.15) is 0 Å². The molecule has 1 heterocycles. The van der Waals surface area contributed by atoms with Crippen LogP contribution in [-0.2, 0) is 0 Å². The Hall–Kier alpha value is -3.91. The van der Waals surface area contributed by atoms with Crippen LogP contribution in [0.25, 0.3) is 22.6 Å². The van der Waals surface area contributed by atoms with E-state index < -0.39 is 0 Å². The van der Waals surface area contributed by atoms with Gasteiger partial charge in [0.1, 0.15) is 17.0 Å². The summed E-state index contributed by atoms with van der Waals surface area (Å²) in [6.45, 7) is 4.03. The highest BCUT2D eigenvalue weighted by molar-refractivity contribution is 7.80. The molecule has 0 aliphatic carbocycles. The van der Waals surface area contributed by atoms with Crippen LogP contribution in [0.2, 0.25) is 0 Å². The average molecular weight is 462 g/mol. The van der Waals surface area contributed by atoms with Crippen molar-refractivity contribution < 1.29 is 18.7 Å². The van der Waals surface area contributed by atoms with Gasteiger partial charge in [-0.15, -0.1) is 0 Å². The summed E-state index contributed by atoms with van der Waals surface area (Å²) in [6.07, 6.45) is 0. The number of aromatic nitrogens is 1. The molecule has 3 aromatic carbocycles. The van der Waals surface area contributed by atoms with E-state index in [1.165, 1.54) is 14.2 Å². The number of hydrogen-bond acceptors (Lipinski definition) is 6. The molecule has 0 bridgehead atoms. The van der Waals surface area contributed by atoms with Gasteiger partial charge < -0.3 is 19.2 Å². The first-order valence-corrected chi connectivity index (χ1v) is 10.6. The highest BCUT2D eigenvalue weighted by atomic mass is 32.1. The molecule has 0 saturated heterocycles. The topological polar surface area (TPSA) is 85.6 Å². The Morgan fingerprint density at radius 2 is 1.73 bits per heavy atom. The quantitative estimate of drug-likeness (QED) is 0.392. The number of aryl methyl sites for hydroxylation is 2. The Morgan fingerprint density at radius 1 is 1.00 bits per heavy atom. The van der Waals surface area contributed by atoms with Gasteiger partial charge in [-0.25, -0.2) is 4.98 Å². The van der Waals surface area contributed by atoms with Crippen LogP contribution in [0, 0.1) is 13.8 Å². The zero-order chi connectivity index (χ0) is 23.5. The maximum absolute atomic E-state index is 12.7. The minimum atomic E-state index is -0.384. The molecule has 1 amide bonds. The molecule has 0 unspecified atom stereocenters. The van der Waals surface area contributed by atoms with Gasteiger partial charge in [-0.05, 0) is 73.6 Å². The van der Waals surface area contributed by atoms with Crippen molar-refractivity contribution in [3.05, 3.63) is 71.3 Å².